The van der Waals surface area contributed by atoms with E-state index in [1.807, 2.05) is 13.8 Å². The Morgan fingerprint density at radius 3 is 2.33 bits per heavy atom. The average molecular weight is 427 g/mol. The summed E-state index contributed by atoms with van der Waals surface area (Å²) in [6.07, 6.45) is 4.94. The number of aryl methyl sites for hydroxylation is 1. The van der Waals surface area contributed by atoms with Crippen LogP contribution in [0, 0.1) is 0 Å². The number of rotatable bonds is 6. The quantitative estimate of drug-likeness (QED) is 0.556. The summed E-state index contributed by atoms with van der Waals surface area (Å²) in [7, 11) is -3.49. The number of sulfonamides is 1. The van der Waals surface area contributed by atoms with Gasteiger partial charge in [0.1, 0.15) is 5.75 Å². The Bertz CT molecular complexity index is 1110. The van der Waals surface area contributed by atoms with E-state index in [4.69, 9.17) is 4.74 Å². The Morgan fingerprint density at radius 1 is 1.03 bits per heavy atom. The molecule has 160 valence electrons. The first-order valence-corrected chi connectivity index (χ1v) is 12.2. The molecule has 1 aliphatic rings. The number of hydrogen-bond donors (Lipinski definition) is 0. The van der Waals surface area contributed by atoms with Crippen LogP contribution in [0.5, 0.6) is 5.75 Å². The van der Waals surface area contributed by atoms with Gasteiger partial charge in [-0.3, -0.25) is 0 Å². The standard InChI is InChI=1S/C24H30N2O3S/c1-4-19-17-26(24-8-6-5-7-23(19)24)20-13-15-25(16-14-20)30(27,28)22-11-9-21(10-12-22)29-18(2)3/h5-12,17-18,20H,4,13-16H2,1-3H3. The number of piperidine rings is 1. The SMILES string of the molecule is CCc1cn(C2CCN(S(=O)(=O)c3ccc(OC(C)C)cc3)CC2)c2ccccc12. The van der Waals surface area contributed by atoms with Crippen LogP contribution in [0.25, 0.3) is 10.9 Å². The van der Waals surface area contributed by atoms with E-state index in [2.05, 4.69) is 42.0 Å². The van der Waals surface area contributed by atoms with Crippen LogP contribution in [0.4, 0.5) is 0 Å². The fourth-order valence-electron chi connectivity index (χ4n) is 4.33. The van der Waals surface area contributed by atoms with E-state index in [1.54, 1.807) is 28.6 Å². The third-order valence-electron chi connectivity index (χ3n) is 5.85. The third-order valence-corrected chi connectivity index (χ3v) is 7.77. The molecule has 0 unspecified atom stereocenters. The molecule has 0 spiro atoms. The largest absolute Gasteiger partial charge is 0.491 e. The number of benzene rings is 2. The summed E-state index contributed by atoms with van der Waals surface area (Å²) in [6.45, 7) is 7.15. The molecule has 0 atom stereocenters. The van der Waals surface area contributed by atoms with Gasteiger partial charge in [0.2, 0.25) is 10.0 Å². The van der Waals surface area contributed by atoms with Gasteiger partial charge in [-0.25, -0.2) is 8.42 Å². The Hall–Kier alpha value is -2.31. The predicted octanol–water partition coefficient (Wildman–Crippen LogP) is 5.02. The van der Waals surface area contributed by atoms with Gasteiger partial charge in [-0.15, -0.1) is 0 Å². The molecule has 0 aliphatic carbocycles. The van der Waals surface area contributed by atoms with Crippen molar-refractivity contribution in [3.63, 3.8) is 0 Å². The first-order chi connectivity index (χ1) is 14.4. The maximum atomic E-state index is 13.1. The van der Waals surface area contributed by atoms with Crippen LogP contribution in [0.15, 0.2) is 59.6 Å². The number of aromatic nitrogens is 1. The van der Waals surface area contributed by atoms with Crippen LogP contribution < -0.4 is 4.74 Å². The van der Waals surface area contributed by atoms with Crippen molar-refractivity contribution in [1.29, 1.82) is 0 Å². The van der Waals surface area contributed by atoms with E-state index in [0.29, 0.717) is 29.8 Å². The van der Waals surface area contributed by atoms with Gasteiger partial charge in [0, 0.05) is 36.2 Å². The molecule has 2 aromatic carbocycles. The molecule has 5 nitrogen and oxygen atoms in total. The second-order valence-corrected chi connectivity index (χ2v) is 10.1. The van der Waals surface area contributed by atoms with Gasteiger partial charge in [-0.05, 0) is 69.0 Å². The van der Waals surface area contributed by atoms with Crippen LogP contribution in [0.1, 0.15) is 45.2 Å². The predicted molar refractivity (Wildman–Crippen MR) is 121 cm³/mol. The van der Waals surface area contributed by atoms with E-state index in [0.717, 1.165) is 19.3 Å². The minimum absolute atomic E-state index is 0.0597. The molecule has 30 heavy (non-hydrogen) atoms. The molecule has 3 aromatic rings. The van der Waals surface area contributed by atoms with Crippen molar-refractivity contribution in [2.45, 2.75) is 57.1 Å². The van der Waals surface area contributed by atoms with Gasteiger partial charge < -0.3 is 9.30 Å². The summed E-state index contributed by atoms with van der Waals surface area (Å²) in [5.74, 6) is 0.689. The molecule has 0 radical (unpaired) electrons. The Labute approximate surface area is 179 Å². The third kappa shape index (κ3) is 3.98. The van der Waals surface area contributed by atoms with Gasteiger partial charge in [0.05, 0.1) is 11.0 Å². The van der Waals surface area contributed by atoms with Crippen molar-refractivity contribution in [3.8, 4) is 5.75 Å². The zero-order valence-electron chi connectivity index (χ0n) is 17.9. The minimum Gasteiger partial charge on any atom is -0.491 e. The molecule has 0 saturated carbocycles. The van der Waals surface area contributed by atoms with Crippen LogP contribution >= 0.6 is 0 Å². The summed E-state index contributed by atoms with van der Waals surface area (Å²) in [6, 6.07) is 15.6. The van der Waals surface area contributed by atoms with Crippen molar-refractivity contribution in [3.05, 3.63) is 60.3 Å². The summed E-state index contributed by atoms with van der Waals surface area (Å²) >= 11 is 0. The molecule has 1 aromatic heterocycles. The summed E-state index contributed by atoms with van der Waals surface area (Å²) in [4.78, 5) is 0.330. The van der Waals surface area contributed by atoms with Crippen LogP contribution in [-0.4, -0.2) is 36.5 Å². The zero-order valence-corrected chi connectivity index (χ0v) is 18.7. The van der Waals surface area contributed by atoms with Crippen LogP contribution in [0.3, 0.4) is 0 Å². The van der Waals surface area contributed by atoms with E-state index in [-0.39, 0.29) is 6.10 Å². The lowest BCUT2D eigenvalue weighted by atomic mass is 10.1. The molecule has 6 heteroatoms. The first-order valence-electron chi connectivity index (χ1n) is 10.8. The number of ether oxygens (including phenoxy) is 1. The highest BCUT2D eigenvalue weighted by molar-refractivity contribution is 7.89. The van der Waals surface area contributed by atoms with Gasteiger partial charge in [0.25, 0.3) is 0 Å². The fourth-order valence-corrected chi connectivity index (χ4v) is 5.80. The monoisotopic (exact) mass is 426 g/mol. The van der Waals surface area contributed by atoms with E-state index >= 15 is 0 Å². The highest BCUT2D eigenvalue weighted by Gasteiger charge is 2.30. The maximum Gasteiger partial charge on any atom is 0.243 e. The average Bonchev–Trinajstić information content (AvgIpc) is 3.13. The normalized spacial score (nSPS) is 16.4. The molecular formula is C24H30N2O3S. The van der Waals surface area contributed by atoms with Crippen molar-refractivity contribution in [1.82, 2.24) is 8.87 Å². The molecule has 2 heterocycles. The van der Waals surface area contributed by atoms with Crippen molar-refractivity contribution in [2.75, 3.05) is 13.1 Å². The fraction of sp³-hybridized carbons (Fsp3) is 0.417. The second-order valence-electron chi connectivity index (χ2n) is 8.21. The lowest BCUT2D eigenvalue weighted by molar-refractivity contribution is 0.242. The van der Waals surface area contributed by atoms with Gasteiger partial charge >= 0.3 is 0 Å². The van der Waals surface area contributed by atoms with Crippen molar-refractivity contribution in [2.24, 2.45) is 0 Å². The Balaban J connectivity index is 1.49. The molecule has 0 amide bonds. The van der Waals surface area contributed by atoms with E-state index < -0.39 is 10.0 Å². The van der Waals surface area contributed by atoms with Gasteiger partial charge in [-0.2, -0.15) is 4.31 Å². The molecule has 1 fully saturated rings. The lowest BCUT2D eigenvalue weighted by Crippen LogP contribution is -2.38. The number of para-hydroxylation sites is 1. The smallest absolute Gasteiger partial charge is 0.243 e. The summed E-state index contributed by atoms with van der Waals surface area (Å²) in [5.41, 5.74) is 2.60. The molecule has 1 aliphatic heterocycles. The highest BCUT2D eigenvalue weighted by atomic mass is 32.2. The van der Waals surface area contributed by atoms with Crippen molar-refractivity contribution >= 4 is 20.9 Å². The maximum absolute atomic E-state index is 13.1. The van der Waals surface area contributed by atoms with Gasteiger partial charge in [0.15, 0.2) is 0 Å². The van der Waals surface area contributed by atoms with Crippen molar-refractivity contribution < 1.29 is 13.2 Å². The first kappa shape index (κ1) is 20.9. The molecular weight excluding hydrogens is 396 g/mol. The molecule has 1 saturated heterocycles. The molecule has 0 N–H and O–H groups in total. The molecule has 4 rings (SSSR count). The number of fused-ring (bicyclic) bond motifs is 1. The molecule has 0 bridgehead atoms. The summed E-state index contributed by atoms with van der Waals surface area (Å²) in [5, 5.41) is 1.30. The topological polar surface area (TPSA) is 51.5 Å². The Kier molecular flexibility index (Phi) is 5.89. The minimum atomic E-state index is -3.49. The lowest BCUT2D eigenvalue weighted by Gasteiger charge is -2.32. The second kappa shape index (κ2) is 8.44. The van der Waals surface area contributed by atoms with Gasteiger partial charge in [-0.1, -0.05) is 25.1 Å². The van der Waals surface area contributed by atoms with Crippen LogP contribution in [0.2, 0.25) is 0 Å². The van der Waals surface area contributed by atoms with E-state index in [1.165, 1.54) is 16.5 Å². The summed E-state index contributed by atoms with van der Waals surface area (Å²) < 4.78 is 35.8. The number of nitrogens with zero attached hydrogens (tertiary/aromatic N) is 2. The number of hydrogen-bond acceptors (Lipinski definition) is 3. The van der Waals surface area contributed by atoms with E-state index in [9.17, 15) is 8.42 Å². The highest BCUT2D eigenvalue weighted by Crippen LogP contribution is 2.32. The zero-order chi connectivity index (χ0) is 21.3. The Morgan fingerprint density at radius 2 is 1.70 bits per heavy atom. The van der Waals surface area contributed by atoms with Crippen LogP contribution in [-0.2, 0) is 16.4 Å².